The Morgan fingerprint density at radius 2 is 1.36 bits per heavy atom. The van der Waals surface area contributed by atoms with Gasteiger partial charge in [-0.2, -0.15) is 0 Å². The van der Waals surface area contributed by atoms with Crippen LogP contribution in [-0.2, 0) is 4.74 Å². The Balaban J connectivity index is 1.17. The molecule has 4 aliphatic carbocycles. The molecular formula is C33H37N3O3. The Hall–Kier alpha value is -3.80. The zero-order valence-corrected chi connectivity index (χ0v) is 23.0. The number of nitrogens with one attached hydrogen (secondary N) is 1. The highest BCUT2D eigenvalue weighted by atomic mass is 16.5. The lowest BCUT2D eigenvalue weighted by Crippen LogP contribution is -2.59. The number of nitrogens with zero attached hydrogens (tertiary/aromatic N) is 2. The average molecular weight is 524 g/mol. The van der Waals surface area contributed by atoms with Gasteiger partial charge in [0.15, 0.2) is 0 Å². The summed E-state index contributed by atoms with van der Waals surface area (Å²) in [6, 6.07) is 23.5. The highest BCUT2D eigenvalue weighted by Crippen LogP contribution is 2.55. The number of ether oxygens (including phenoxy) is 1. The number of hydrogen-bond donors (Lipinski definition) is 1. The van der Waals surface area contributed by atoms with Crippen LogP contribution in [0.2, 0.25) is 0 Å². The fraction of sp³-hybridized carbons (Fsp3) is 0.394. The van der Waals surface area contributed by atoms with Crippen LogP contribution in [-0.4, -0.2) is 38.6 Å². The topological polar surface area (TPSA) is 61.9 Å². The summed E-state index contributed by atoms with van der Waals surface area (Å²) in [6.45, 7) is 0. The van der Waals surface area contributed by atoms with Crippen molar-refractivity contribution >= 4 is 34.6 Å². The third-order valence-corrected chi connectivity index (χ3v) is 9.21. The van der Waals surface area contributed by atoms with Crippen LogP contribution in [0.1, 0.15) is 59.2 Å². The van der Waals surface area contributed by atoms with Gasteiger partial charge in [-0.3, -0.25) is 4.79 Å². The van der Waals surface area contributed by atoms with Gasteiger partial charge in [-0.25, -0.2) is 4.79 Å². The minimum absolute atomic E-state index is 0.00207. The lowest BCUT2D eigenvalue weighted by molar-refractivity contribution is -0.0167. The standard InChI is InChI=1S/C33H37N3O3/c1-35(26-11-13-27(14-12-26)36(2)30-10-5-4-9-29(30)32(38)39-3)28-8-6-7-25(18-28)31(37)34-33-19-22-15-23(20-33)17-24(16-22)21-33/h4-14,18,22-24H,15-17,19-21H2,1-3H3,(H,34,37). The number of esters is 1. The smallest absolute Gasteiger partial charge is 0.339 e. The monoisotopic (exact) mass is 523 g/mol. The van der Waals surface area contributed by atoms with Crippen molar-refractivity contribution in [2.24, 2.45) is 17.8 Å². The van der Waals surface area contributed by atoms with Crippen LogP contribution in [0.25, 0.3) is 0 Å². The van der Waals surface area contributed by atoms with Crippen LogP contribution in [0, 0.1) is 17.8 Å². The first-order valence-corrected chi connectivity index (χ1v) is 14.0. The summed E-state index contributed by atoms with van der Waals surface area (Å²) in [6.07, 6.45) is 7.53. The summed E-state index contributed by atoms with van der Waals surface area (Å²) in [4.78, 5) is 29.7. The second kappa shape index (κ2) is 10.1. The normalized spacial score (nSPS) is 24.7. The molecule has 4 aliphatic rings. The first-order chi connectivity index (χ1) is 18.8. The Labute approximate surface area is 231 Å². The molecule has 0 aliphatic heterocycles. The SMILES string of the molecule is COC(=O)c1ccccc1N(C)c1ccc(N(C)c2cccc(C(=O)NC34CC5CC(CC(C5)C3)C4)c2)cc1. The molecule has 202 valence electrons. The van der Waals surface area contributed by atoms with E-state index in [1.54, 1.807) is 6.07 Å². The molecule has 3 aromatic carbocycles. The molecule has 0 unspecified atom stereocenters. The van der Waals surface area contributed by atoms with Crippen molar-refractivity contribution in [2.45, 2.75) is 44.1 Å². The van der Waals surface area contributed by atoms with Crippen molar-refractivity contribution in [3.63, 3.8) is 0 Å². The van der Waals surface area contributed by atoms with E-state index in [1.165, 1.54) is 26.4 Å². The third-order valence-electron chi connectivity index (χ3n) is 9.21. The van der Waals surface area contributed by atoms with Crippen LogP contribution in [0.3, 0.4) is 0 Å². The molecule has 6 heteroatoms. The highest BCUT2D eigenvalue weighted by molar-refractivity contribution is 5.97. The summed E-state index contributed by atoms with van der Waals surface area (Å²) in [5.41, 5.74) is 4.94. The first kappa shape index (κ1) is 25.5. The van der Waals surface area contributed by atoms with Crippen molar-refractivity contribution < 1.29 is 14.3 Å². The number of carbonyl (C=O) groups is 2. The van der Waals surface area contributed by atoms with E-state index in [2.05, 4.69) is 22.3 Å². The quantitative estimate of drug-likeness (QED) is 0.349. The molecule has 0 heterocycles. The third kappa shape index (κ3) is 4.88. The zero-order valence-electron chi connectivity index (χ0n) is 23.0. The number of hydrogen-bond acceptors (Lipinski definition) is 5. The number of para-hydroxylation sites is 1. The minimum Gasteiger partial charge on any atom is -0.465 e. The van der Waals surface area contributed by atoms with Gasteiger partial charge in [0.2, 0.25) is 0 Å². The molecule has 0 atom stereocenters. The Kier molecular flexibility index (Phi) is 6.57. The fourth-order valence-electron chi connectivity index (χ4n) is 7.67. The predicted octanol–water partition coefficient (Wildman–Crippen LogP) is 6.71. The van der Waals surface area contributed by atoms with Crippen LogP contribution < -0.4 is 15.1 Å². The van der Waals surface area contributed by atoms with Gasteiger partial charge in [-0.1, -0.05) is 18.2 Å². The number of anilines is 4. The number of rotatable bonds is 7. The van der Waals surface area contributed by atoms with E-state index < -0.39 is 0 Å². The van der Waals surface area contributed by atoms with Gasteiger partial charge in [0.05, 0.1) is 18.4 Å². The molecule has 0 radical (unpaired) electrons. The number of methoxy groups -OCH3 is 1. The van der Waals surface area contributed by atoms with Crippen molar-refractivity contribution in [1.82, 2.24) is 5.32 Å². The summed E-state index contributed by atoms with van der Waals surface area (Å²) >= 11 is 0. The predicted molar refractivity (Wildman–Crippen MR) is 155 cm³/mol. The van der Waals surface area contributed by atoms with Gasteiger partial charge in [-0.05, 0) is 111 Å². The van der Waals surface area contributed by atoms with Crippen LogP contribution in [0.4, 0.5) is 22.7 Å². The van der Waals surface area contributed by atoms with Gasteiger partial charge in [0.25, 0.3) is 5.91 Å². The molecule has 7 rings (SSSR count). The van der Waals surface area contributed by atoms with Crippen molar-refractivity contribution in [2.75, 3.05) is 31.0 Å². The van der Waals surface area contributed by atoms with E-state index in [-0.39, 0.29) is 17.4 Å². The van der Waals surface area contributed by atoms with Crippen LogP contribution in [0.15, 0.2) is 72.8 Å². The van der Waals surface area contributed by atoms with E-state index in [1.807, 2.05) is 73.6 Å². The van der Waals surface area contributed by atoms with Gasteiger partial charge in [0, 0.05) is 42.3 Å². The van der Waals surface area contributed by atoms with E-state index >= 15 is 0 Å². The van der Waals surface area contributed by atoms with E-state index in [9.17, 15) is 9.59 Å². The Bertz CT molecular complexity index is 1350. The van der Waals surface area contributed by atoms with Gasteiger partial charge in [0.1, 0.15) is 0 Å². The number of carbonyl (C=O) groups excluding carboxylic acids is 2. The van der Waals surface area contributed by atoms with Crippen LogP contribution in [0.5, 0.6) is 0 Å². The average Bonchev–Trinajstić information content (AvgIpc) is 2.95. The molecule has 4 bridgehead atoms. The molecule has 1 amide bonds. The lowest BCUT2D eigenvalue weighted by atomic mass is 9.53. The first-order valence-electron chi connectivity index (χ1n) is 14.0. The molecule has 1 N–H and O–H groups in total. The maximum Gasteiger partial charge on any atom is 0.339 e. The molecule has 4 saturated carbocycles. The fourth-order valence-corrected chi connectivity index (χ4v) is 7.67. The van der Waals surface area contributed by atoms with Crippen molar-refractivity contribution in [3.8, 4) is 0 Å². The second-order valence-corrected chi connectivity index (χ2v) is 11.8. The maximum atomic E-state index is 13.4. The van der Waals surface area contributed by atoms with E-state index in [0.29, 0.717) is 11.1 Å². The molecule has 0 aromatic heterocycles. The highest BCUT2D eigenvalue weighted by Gasteiger charge is 2.51. The summed E-state index contributed by atoms with van der Waals surface area (Å²) in [7, 11) is 5.35. The number of benzene rings is 3. The number of amides is 1. The van der Waals surface area contributed by atoms with Crippen molar-refractivity contribution in [3.05, 3.63) is 83.9 Å². The van der Waals surface area contributed by atoms with Gasteiger partial charge in [-0.15, -0.1) is 0 Å². The van der Waals surface area contributed by atoms with E-state index in [4.69, 9.17) is 4.74 Å². The summed E-state index contributed by atoms with van der Waals surface area (Å²) in [5.74, 6) is 2.08. The molecule has 6 nitrogen and oxygen atoms in total. The van der Waals surface area contributed by atoms with Gasteiger partial charge < -0.3 is 19.9 Å². The minimum atomic E-state index is -0.360. The lowest BCUT2D eigenvalue weighted by Gasteiger charge is -2.56. The molecule has 39 heavy (non-hydrogen) atoms. The Morgan fingerprint density at radius 1 is 0.769 bits per heavy atom. The largest absolute Gasteiger partial charge is 0.465 e. The summed E-state index contributed by atoms with van der Waals surface area (Å²) < 4.78 is 4.96. The van der Waals surface area contributed by atoms with Gasteiger partial charge >= 0.3 is 5.97 Å². The zero-order chi connectivity index (χ0) is 27.1. The molecule has 0 saturated heterocycles. The maximum absolute atomic E-state index is 13.4. The summed E-state index contributed by atoms with van der Waals surface area (Å²) in [5, 5.41) is 3.50. The van der Waals surface area contributed by atoms with Crippen molar-refractivity contribution in [1.29, 1.82) is 0 Å². The second-order valence-electron chi connectivity index (χ2n) is 11.8. The van der Waals surface area contributed by atoms with E-state index in [0.717, 1.165) is 59.8 Å². The molecule has 4 fully saturated rings. The molecule has 0 spiro atoms. The molecule has 3 aromatic rings. The van der Waals surface area contributed by atoms with Crippen LogP contribution >= 0.6 is 0 Å². The molecular weight excluding hydrogens is 486 g/mol. The Morgan fingerprint density at radius 3 is 1.97 bits per heavy atom.